The number of nitrogens with one attached hydrogen (secondary N) is 1. The maximum Gasteiger partial charge on any atom is 0.267 e. The van der Waals surface area contributed by atoms with E-state index in [-0.39, 0.29) is 5.91 Å². The maximum atomic E-state index is 13.2. The number of carbonyl (C=O) groups is 2. The summed E-state index contributed by atoms with van der Waals surface area (Å²) in [5.74, 6) is -0.457. The smallest absolute Gasteiger partial charge is 0.267 e. The van der Waals surface area contributed by atoms with Gasteiger partial charge in [-0.1, -0.05) is 6.07 Å². The first-order valence-electron chi connectivity index (χ1n) is 7.11. The minimum absolute atomic E-state index is 0.180. The first kappa shape index (κ1) is 15.0. The Labute approximate surface area is 132 Å². The Morgan fingerprint density at radius 3 is 2.78 bits per heavy atom. The summed E-state index contributed by atoms with van der Waals surface area (Å²) in [6.45, 7) is 1.67. The third-order valence-corrected chi connectivity index (χ3v) is 3.65. The largest absolute Gasteiger partial charge is 0.479 e. The minimum atomic E-state index is -0.556. The van der Waals surface area contributed by atoms with E-state index in [2.05, 4.69) is 5.32 Å². The highest BCUT2D eigenvalue weighted by atomic mass is 19.1. The Morgan fingerprint density at radius 2 is 2.04 bits per heavy atom. The van der Waals surface area contributed by atoms with Crippen LogP contribution in [-0.4, -0.2) is 25.0 Å². The van der Waals surface area contributed by atoms with Gasteiger partial charge in [0.2, 0.25) is 0 Å². The highest BCUT2D eigenvalue weighted by molar-refractivity contribution is 6.06. The lowest BCUT2D eigenvalue weighted by Crippen LogP contribution is -2.42. The zero-order valence-corrected chi connectivity index (χ0v) is 12.7. The first-order chi connectivity index (χ1) is 11.0. The standard InChI is InChI=1S/C17H15FN2O3/c1-10-17(22)20(2)14-8-11(6-7-15(14)23-10)16(21)19-13-5-3-4-12(18)9-13/h3-10H,1-2H3,(H,19,21). The molecule has 6 heteroatoms. The number of nitrogens with zero attached hydrogens (tertiary/aromatic N) is 1. The van der Waals surface area contributed by atoms with Crippen LogP contribution in [0.25, 0.3) is 0 Å². The summed E-state index contributed by atoms with van der Waals surface area (Å²) in [6, 6.07) is 10.5. The molecule has 0 radical (unpaired) electrons. The minimum Gasteiger partial charge on any atom is -0.479 e. The summed E-state index contributed by atoms with van der Waals surface area (Å²) < 4.78 is 18.7. The molecular formula is C17H15FN2O3. The average molecular weight is 314 g/mol. The van der Waals surface area contributed by atoms with Crippen LogP contribution in [0.15, 0.2) is 42.5 Å². The van der Waals surface area contributed by atoms with Gasteiger partial charge in [-0.05, 0) is 43.3 Å². The number of anilines is 2. The topological polar surface area (TPSA) is 58.6 Å². The van der Waals surface area contributed by atoms with Crippen LogP contribution in [-0.2, 0) is 4.79 Å². The number of likely N-dealkylation sites (N-methyl/N-ethyl adjacent to an activating group) is 1. The van der Waals surface area contributed by atoms with E-state index in [1.165, 1.54) is 23.1 Å². The lowest BCUT2D eigenvalue weighted by atomic mass is 10.1. The fraction of sp³-hybridized carbons (Fsp3) is 0.176. The van der Waals surface area contributed by atoms with Crippen LogP contribution in [0.3, 0.4) is 0 Å². The summed E-state index contributed by atoms with van der Waals surface area (Å²) >= 11 is 0. The summed E-state index contributed by atoms with van der Waals surface area (Å²) in [4.78, 5) is 25.7. The van der Waals surface area contributed by atoms with Gasteiger partial charge in [0, 0.05) is 18.3 Å². The second kappa shape index (κ2) is 5.72. The van der Waals surface area contributed by atoms with E-state index >= 15 is 0 Å². The molecule has 1 atom stereocenters. The van der Waals surface area contributed by atoms with E-state index in [4.69, 9.17) is 4.74 Å². The molecule has 5 nitrogen and oxygen atoms in total. The number of hydrogen-bond donors (Lipinski definition) is 1. The van der Waals surface area contributed by atoms with Crippen molar-refractivity contribution in [3.05, 3.63) is 53.8 Å². The Bertz CT molecular complexity index is 791. The lowest BCUT2D eigenvalue weighted by Gasteiger charge is -2.30. The highest BCUT2D eigenvalue weighted by Gasteiger charge is 2.29. The summed E-state index contributed by atoms with van der Waals surface area (Å²) in [5.41, 5.74) is 1.24. The summed E-state index contributed by atoms with van der Waals surface area (Å²) in [5, 5.41) is 2.62. The molecular weight excluding hydrogens is 299 g/mol. The maximum absolute atomic E-state index is 13.2. The molecule has 1 heterocycles. The third kappa shape index (κ3) is 2.88. The number of halogens is 1. The second-order valence-corrected chi connectivity index (χ2v) is 5.30. The monoisotopic (exact) mass is 314 g/mol. The fourth-order valence-corrected chi connectivity index (χ4v) is 2.42. The van der Waals surface area contributed by atoms with Gasteiger partial charge >= 0.3 is 0 Å². The molecule has 2 aromatic rings. The molecule has 0 saturated carbocycles. The van der Waals surface area contributed by atoms with Crippen molar-refractivity contribution in [2.45, 2.75) is 13.0 Å². The van der Waals surface area contributed by atoms with Crippen LogP contribution in [0.4, 0.5) is 15.8 Å². The normalized spacial score (nSPS) is 16.6. The molecule has 2 aromatic carbocycles. The zero-order chi connectivity index (χ0) is 16.6. The van der Waals surface area contributed by atoms with Crippen molar-refractivity contribution in [2.75, 3.05) is 17.3 Å². The molecule has 23 heavy (non-hydrogen) atoms. The van der Waals surface area contributed by atoms with Crippen molar-refractivity contribution in [1.82, 2.24) is 0 Å². The van der Waals surface area contributed by atoms with E-state index in [1.807, 2.05) is 0 Å². The van der Waals surface area contributed by atoms with E-state index in [0.717, 1.165) is 0 Å². The molecule has 3 rings (SSSR count). The van der Waals surface area contributed by atoms with Crippen molar-refractivity contribution in [1.29, 1.82) is 0 Å². The molecule has 0 bridgehead atoms. The van der Waals surface area contributed by atoms with Crippen molar-refractivity contribution < 1.29 is 18.7 Å². The van der Waals surface area contributed by atoms with Crippen LogP contribution < -0.4 is 15.0 Å². The Balaban J connectivity index is 1.87. The van der Waals surface area contributed by atoms with Crippen molar-refractivity contribution in [3.8, 4) is 5.75 Å². The van der Waals surface area contributed by atoms with Gasteiger partial charge in [0.25, 0.3) is 11.8 Å². The number of amides is 2. The van der Waals surface area contributed by atoms with Crippen LogP contribution in [0.2, 0.25) is 0 Å². The Hall–Kier alpha value is -2.89. The van der Waals surface area contributed by atoms with Gasteiger partial charge in [0.15, 0.2) is 6.10 Å². The van der Waals surface area contributed by atoms with Gasteiger partial charge in [-0.15, -0.1) is 0 Å². The molecule has 1 aliphatic heterocycles. The molecule has 0 fully saturated rings. The number of carbonyl (C=O) groups excluding carboxylic acids is 2. The Morgan fingerprint density at radius 1 is 1.26 bits per heavy atom. The lowest BCUT2D eigenvalue weighted by molar-refractivity contribution is -0.125. The third-order valence-electron chi connectivity index (χ3n) is 3.65. The first-order valence-corrected chi connectivity index (χ1v) is 7.11. The van der Waals surface area contributed by atoms with E-state index < -0.39 is 17.8 Å². The molecule has 2 amide bonds. The van der Waals surface area contributed by atoms with Crippen LogP contribution in [0.5, 0.6) is 5.75 Å². The van der Waals surface area contributed by atoms with Crippen molar-refractivity contribution >= 4 is 23.2 Å². The van der Waals surface area contributed by atoms with Gasteiger partial charge in [-0.2, -0.15) is 0 Å². The quantitative estimate of drug-likeness (QED) is 0.927. The number of benzene rings is 2. The van der Waals surface area contributed by atoms with Gasteiger partial charge in [0.05, 0.1) is 5.69 Å². The number of ether oxygens (including phenoxy) is 1. The van der Waals surface area contributed by atoms with Gasteiger partial charge < -0.3 is 15.0 Å². The molecule has 0 aromatic heterocycles. The van der Waals surface area contributed by atoms with Gasteiger partial charge in [-0.3, -0.25) is 9.59 Å². The highest BCUT2D eigenvalue weighted by Crippen LogP contribution is 2.34. The van der Waals surface area contributed by atoms with Crippen LogP contribution in [0.1, 0.15) is 17.3 Å². The molecule has 1 unspecified atom stereocenters. The van der Waals surface area contributed by atoms with Crippen LogP contribution >= 0.6 is 0 Å². The zero-order valence-electron chi connectivity index (χ0n) is 12.7. The molecule has 0 aliphatic carbocycles. The molecule has 0 spiro atoms. The average Bonchev–Trinajstić information content (AvgIpc) is 2.52. The summed E-state index contributed by atoms with van der Waals surface area (Å²) in [6.07, 6.45) is -0.556. The van der Waals surface area contributed by atoms with E-state index in [0.29, 0.717) is 22.7 Å². The van der Waals surface area contributed by atoms with Crippen LogP contribution in [0, 0.1) is 5.82 Å². The predicted molar refractivity (Wildman–Crippen MR) is 84.3 cm³/mol. The van der Waals surface area contributed by atoms with Gasteiger partial charge in [0.1, 0.15) is 11.6 Å². The molecule has 1 aliphatic rings. The van der Waals surface area contributed by atoms with Gasteiger partial charge in [-0.25, -0.2) is 4.39 Å². The molecule has 1 N–H and O–H groups in total. The molecule has 118 valence electrons. The van der Waals surface area contributed by atoms with Crippen molar-refractivity contribution in [3.63, 3.8) is 0 Å². The summed E-state index contributed by atoms with van der Waals surface area (Å²) in [7, 11) is 1.63. The Kier molecular flexibility index (Phi) is 3.73. The van der Waals surface area contributed by atoms with E-state index in [9.17, 15) is 14.0 Å². The number of hydrogen-bond acceptors (Lipinski definition) is 3. The number of fused-ring (bicyclic) bond motifs is 1. The SMILES string of the molecule is CC1Oc2ccc(C(=O)Nc3cccc(F)c3)cc2N(C)C1=O. The fourth-order valence-electron chi connectivity index (χ4n) is 2.42. The van der Waals surface area contributed by atoms with Crippen molar-refractivity contribution in [2.24, 2.45) is 0 Å². The number of rotatable bonds is 2. The predicted octanol–water partition coefficient (Wildman–Crippen LogP) is 2.82. The molecule has 0 saturated heterocycles. The second-order valence-electron chi connectivity index (χ2n) is 5.30. The van der Waals surface area contributed by atoms with E-state index in [1.54, 1.807) is 38.2 Å².